The van der Waals surface area contributed by atoms with Crippen LogP contribution in [0.5, 0.6) is 0 Å². The molecule has 2 N–H and O–H groups in total. The molecule has 0 amide bonds. The second-order valence-corrected chi connectivity index (χ2v) is 9.18. The van der Waals surface area contributed by atoms with E-state index in [-0.39, 0.29) is 12.6 Å². The number of aromatic nitrogens is 2. The molecule has 1 aromatic rings. The molecule has 2 heterocycles. The van der Waals surface area contributed by atoms with Crippen LogP contribution >= 0.6 is 11.8 Å². The number of thioether (sulfide) groups is 1. The SMILES string of the molecule is CCCCCCCCCCCCCC(=O)OC[C@@H]1O[C@H](n2cc(F)c(N)nc2=O)CS1. The first-order valence-corrected chi connectivity index (χ1v) is 12.5. The van der Waals surface area contributed by atoms with Crippen LogP contribution in [0.3, 0.4) is 0 Å². The quantitative estimate of drug-likeness (QED) is 0.298. The molecule has 1 aromatic heterocycles. The second-order valence-electron chi connectivity index (χ2n) is 7.99. The van der Waals surface area contributed by atoms with Crippen molar-refractivity contribution in [2.45, 2.75) is 95.6 Å². The predicted octanol–water partition coefficient (Wildman–Crippen LogP) is 4.80. The molecule has 2 rings (SSSR count). The van der Waals surface area contributed by atoms with Gasteiger partial charge in [-0.25, -0.2) is 9.18 Å². The maximum absolute atomic E-state index is 13.6. The van der Waals surface area contributed by atoms with Crippen LogP contribution in [-0.4, -0.2) is 33.3 Å². The average Bonchev–Trinajstić information content (AvgIpc) is 3.22. The Morgan fingerprint density at radius 1 is 1.19 bits per heavy atom. The summed E-state index contributed by atoms with van der Waals surface area (Å²) in [7, 11) is 0. The van der Waals surface area contributed by atoms with E-state index in [4.69, 9.17) is 15.2 Å². The Bertz CT molecular complexity index is 731. The number of hydrogen-bond donors (Lipinski definition) is 1. The van der Waals surface area contributed by atoms with E-state index in [2.05, 4.69) is 11.9 Å². The summed E-state index contributed by atoms with van der Waals surface area (Å²) in [4.78, 5) is 27.2. The van der Waals surface area contributed by atoms with Crippen LogP contribution in [0.15, 0.2) is 11.0 Å². The van der Waals surface area contributed by atoms with Crippen molar-refractivity contribution in [1.29, 1.82) is 0 Å². The number of carbonyl (C=O) groups is 1. The Morgan fingerprint density at radius 2 is 1.81 bits per heavy atom. The second kappa shape index (κ2) is 14.5. The first-order valence-electron chi connectivity index (χ1n) is 11.5. The minimum Gasteiger partial charge on any atom is -0.462 e. The number of nitrogens with two attached hydrogens (primary N) is 1. The number of nitrogens with zero attached hydrogens (tertiary/aromatic N) is 2. The van der Waals surface area contributed by atoms with E-state index >= 15 is 0 Å². The van der Waals surface area contributed by atoms with Gasteiger partial charge in [-0.05, 0) is 6.42 Å². The maximum atomic E-state index is 13.6. The van der Waals surface area contributed by atoms with Gasteiger partial charge in [0.1, 0.15) is 18.3 Å². The van der Waals surface area contributed by atoms with Crippen LogP contribution in [0.1, 0.15) is 90.2 Å². The molecule has 0 radical (unpaired) electrons. The molecule has 0 aromatic carbocycles. The van der Waals surface area contributed by atoms with Crippen LogP contribution in [0, 0.1) is 5.82 Å². The van der Waals surface area contributed by atoms with Crippen molar-refractivity contribution in [3.63, 3.8) is 0 Å². The molecule has 0 unspecified atom stereocenters. The van der Waals surface area contributed by atoms with E-state index in [0.29, 0.717) is 12.2 Å². The lowest BCUT2D eigenvalue weighted by molar-refractivity contribution is -0.147. The normalized spacial score (nSPS) is 18.4. The molecule has 2 atom stereocenters. The molecule has 1 fully saturated rings. The van der Waals surface area contributed by atoms with Gasteiger partial charge in [0.15, 0.2) is 11.6 Å². The van der Waals surface area contributed by atoms with Gasteiger partial charge in [0, 0.05) is 12.2 Å². The number of ether oxygens (including phenoxy) is 2. The molecule has 1 aliphatic heterocycles. The molecule has 31 heavy (non-hydrogen) atoms. The summed E-state index contributed by atoms with van der Waals surface area (Å²) in [5.74, 6) is -0.998. The fourth-order valence-electron chi connectivity index (χ4n) is 3.51. The molecule has 0 spiro atoms. The molecule has 0 aliphatic carbocycles. The number of esters is 1. The van der Waals surface area contributed by atoms with Gasteiger partial charge in [0.05, 0.1) is 6.20 Å². The third-order valence-corrected chi connectivity index (χ3v) is 6.44. The van der Waals surface area contributed by atoms with Crippen LogP contribution in [-0.2, 0) is 14.3 Å². The Labute approximate surface area is 188 Å². The maximum Gasteiger partial charge on any atom is 0.351 e. The Morgan fingerprint density at radius 3 is 2.45 bits per heavy atom. The van der Waals surface area contributed by atoms with E-state index in [1.54, 1.807) is 0 Å². The molecular formula is C22H36FN3O4S. The number of anilines is 1. The highest BCUT2D eigenvalue weighted by molar-refractivity contribution is 8.00. The summed E-state index contributed by atoms with van der Waals surface area (Å²) < 4.78 is 25.6. The van der Waals surface area contributed by atoms with E-state index in [0.717, 1.165) is 30.0 Å². The van der Waals surface area contributed by atoms with Gasteiger partial charge >= 0.3 is 11.7 Å². The summed E-state index contributed by atoms with van der Waals surface area (Å²) >= 11 is 1.41. The first-order chi connectivity index (χ1) is 15.0. The molecule has 176 valence electrons. The van der Waals surface area contributed by atoms with Crippen LogP contribution in [0.25, 0.3) is 0 Å². The Balaban J connectivity index is 1.51. The zero-order valence-corrected chi connectivity index (χ0v) is 19.3. The zero-order valence-electron chi connectivity index (χ0n) is 18.5. The zero-order chi connectivity index (χ0) is 22.5. The third-order valence-electron chi connectivity index (χ3n) is 5.34. The summed E-state index contributed by atoms with van der Waals surface area (Å²) in [5, 5.41) is 0. The average molecular weight is 458 g/mol. The number of halogens is 1. The topological polar surface area (TPSA) is 96.4 Å². The largest absolute Gasteiger partial charge is 0.462 e. The van der Waals surface area contributed by atoms with E-state index in [1.807, 2.05) is 0 Å². The summed E-state index contributed by atoms with van der Waals surface area (Å²) in [6, 6.07) is 0. The number of unbranched alkanes of at least 4 members (excludes halogenated alkanes) is 10. The van der Waals surface area contributed by atoms with Crippen LogP contribution < -0.4 is 11.4 Å². The lowest BCUT2D eigenvalue weighted by atomic mass is 10.1. The first kappa shape index (κ1) is 25.6. The molecule has 7 nitrogen and oxygen atoms in total. The minimum absolute atomic E-state index is 0.109. The highest BCUT2D eigenvalue weighted by atomic mass is 32.2. The summed E-state index contributed by atoms with van der Waals surface area (Å²) in [6.45, 7) is 2.35. The molecular weight excluding hydrogens is 421 g/mol. The van der Waals surface area contributed by atoms with Crippen molar-refractivity contribution >= 4 is 23.5 Å². The molecule has 0 saturated carbocycles. The van der Waals surface area contributed by atoms with Crippen LogP contribution in [0.2, 0.25) is 0 Å². The minimum atomic E-state index is -0.768. The fraction of sp³-hybridized carbons (Fsp3) is 0.773. The summed E-state index contributed by atoms with van der Waals surface area (Å²) in [5.41, 5.74) is 4.24. The van der Waals surface area contributed by atoms with Crippen LogP contribution in [0.4, 0.5) is 10.2 Å². The summed E-state index contributed by atoms with van der Waals surface area (Å²) in [6.07, 6.45) is 14.3. The lowest BCUT2D eigenvalue weighted by Crippen LogP contribution is -2.30. The molecule has 1 saturated heterocycles. The van der Waals surface area contributed by atoms with Gasteiger partial charge in [-0.3, -0.25) is 9.36 Å². The molecule has 9 heteroatoms. The van der Waals surface area contributed by atoms with Gasteiger partial charge in [-0.2, -0.15) is 4.98 Å². The fourth-order valence-corrected chi connectivity index (χ4v) is 4.50. The highest BCUT2D eigenvalue weighted by Gasteiger charge is 2.29. The van der Waals surface area contributed by atoms with Crippen molar-refractivity contribution in [3.8, 4) is 0 Å². The Hall–Kier alpha value is -1.61. The van der Waals surface area contributed by atoms with Crippen molar-refractivity contribution in [2.24, 2.45) is 0 Å². The highest BCUT2D eigenvalue weighted by Crippen LogP contribution is 2.31. The molecule has 0 bridgehead atoms. The van der Waals surface area contributed by atoms with E-state index in [9.17, 15) is 14.0 Å². The molecule has 1 aliphatic rings. The number of carbonyl (C=O) groups excluding carboxylic acids is 1. The van der Waals surface area contributed by atoms with Crippen molar-refractivity contribution in [3.05, 3.63) is 22.5 Å². The van der Waals surface area contributed by atoms with E-state index < -0.39 is 29.0 Å². The van der Waals surface area contributed by atoms with Crippen molar-refractivity contribution < 1.29 is 18.7 Å². The smallest absolute Gasteiger partial charge is 0.351 e. The lowest BCUT2D eigenvalue weighted by Gasteiger charge is -2.15. The number of hydrogen-bond acceptors (Lipinski definition) is 7. The van der Waals surface area contributed by atoms with Crippen molar-refractivity contribution in [2.75, 3.05) is 18.1 Å². The van der Waals surface area contributed by atoms with Crippen molar-refractivity contribution in [1.82, 2.24) is 9.55 Å². The predicted molar refractivity (Wildman–Crippen MR) is 121 cm³/mol. The number of rotatable bonds is 15. The third kappa shape index (κ3) is 9.60. The Kier molecular flexibility index (Phi) is 12.0. The van der Waals surface area contributed by atoms with Gasteiger partial charge in [-0.1, -0.05) is 71.1 Å². The van der Waals surface area contributed by atoms with Gasteiger partial charge < -0.3 is 15.2 Å². The monoisotopic (exact) mass is 457 g/mol. The van der Waals surface area contributed by atoms with Gasteiger partial charge in [0.2, 0.25) is 0 Å². The van der Waals surface area contributed by atoms with E-state index in [1.165, 1.54) is 63.1 Å². The number of nitrogen functional groups attached to an aromatic ring is 1. The van der Waals surface area contributed by atoms with Gasteiger partial charge in [0.25, 0.3) is 0 Å². The standard InChI is InChI=1S/C22H36FN3O4S/c1-2-3-4-5-6-7-8-9-10-11-12-13-19(27)29-15-20-30-18(16-31-20)26-14-17(23)21(24)25-22(26)28/h14,18,20H,2-13,15-16H2,1H3,(H2,24,25,28)/t18-,20+/m0/s1. The van der Waals surface area contributed by atoms with Gasteiger partial charge in [-0.15, -0.1) is 11.8 Å².